The van der Waals surface area contributed by atoms with E-state index in [4.69, 9.17) is 16.3 Å². The first-order chi connectivity index (χ1) is 16.2. The van der Waals surface area contributed by atoms with Crippen LogP contribution in [0.5, 0.6) is 5.06 Å². The number of aryl methyl sites for hydroxylation is 1. The Morgan fingerprint density at radius 3 is 2.85 bits per heavy atom. The van der Waals surface area contributed by atoms with Gasteiger partial charge in [-0.15, -0.1) is 11.3 Å². The summed E-state index contributed by atoms with van der Waals surface area (Å²) in [5.41, 5.74) is 3.95. The Hall–Kier alpha value is -3.37. The normalized spacial score (nSPS) is 14.4. The third kappa shape index (κ3) is 5.07. The number of carbonyl (C=O) groups is 2. The molecule has 1 aliphatic rings. The molecule has 4 rings (SSSR count). The van der Waals surface area contributed by atoms with Gasteiger partial charge in [-0.3, -0.25) is 4.79 Å². The molecule has 3 aromatic rings. The van der Waals surface area contributed by atoms with E-state index in [1.165, 1.54) is 24.6 Å². The van der Waals surface area contributed by atoms with Crippen LogP contribution in [0.25, 0.3) is 0 Å². The first-order valence-corrected chi connectivity index (χ1v) is 11.9. The van der Waals surface area contributed by atoms with E-state index < -0.39 is 6.09 Å². The van der Waals surface area contributed by atoms with E-state index in [1.807, 2.05) is 30.5 Å². The van der Waals surface area contributed by atoms with Crippen LogP contribution in [-0.4, -0.2) is 29.0 Å². The zero-order chi connectivity index (χ0) is 24.5. The summed E-state index contributed by atoms with van der Waals surface area (Å²) in [6, 6.07) is 5.75. The smallest absolute Gasteiger partial charge is 0.397 e. The van der Waals surface area contributed by atoms with E-state index in [0.29, 0.717) is 34.0 Å². The van der Waals surface area contributed by atoms with Gasteiger partial charge in [-0.2, -0.15) is 4.98 Å². The molecule has 3 heterocycles. The molecule has 0 bridgehead atoms. The molecular formula is C23H25ClN6O3S. The summed E-state index contributed by atoms with van der Waals surface area (Å²) in [6.07, 6.45) is 2.16. The predicted octanol–water partition coefficient (Wildman–Crippen LogP) is 5.72. The van der Waals surface area contributed by atoms with Gasteiger partial charge >= 0.3 is 6.09 Å². The van der Waals surface area contributed by atoms with Crippen molar-refractivity contribution < 1.29 is 14.3 Å². The summed E-state index contributed by atoms with van der Waals surface area (Å²) < 4.78 is 5.32. The van der Waals surface area contributed by atoms with E-state index in [1.54, 1.807) is 0 Å². The van der Waals surface area contributed by atoms with Crippen LogP contribution in [0.15, 0.2) is 29.8 Å². The number of rotatable bonds is 5. The van der Waals surface area contributed by atoms with Crippen molar-refractivity contribution in [2.24, 2.45) is 0 Å². The van der Waals surface area contributed by atoms with Crippen molar-refractivity contribution in [2.45, 2.75) is 39.0 Å². The lowest BCUT2D eigenvalue weighted by molar-refractivity contribution is -0.116. The molecule has 0 unspecified atom stereocenters. The second kappa shape index (κ2) is 9.47. The largest absolute Gasteiger partial charge is 0.413 e. The molecule has 1 aliphatic heterocycles. The number of ether oxygens (including phenoxy) is 1. The Bertz CT molecular complexity index is 1260. The summed E-state index contributed by atoms with van der Waals surface area (Å²) in [7, 11) is 1.49. The molecule has 11 heteroatoms. The molecule has 0 radical (unpaired) electrons. The molecule has 4 N–H and O–H groups in total. The van der Waals surface area contributed by atoms with Gasteiger partial charge in [0.2, 0.25) is 16.9 Å². The van der Waals surface area contributed by atoms with Crippen molar-refractivity contribution in [1.82, 2.24) is 15.3 Å². The fourth-order valence-electron chi connectivity index (χ4n) is 3.61. The van der Waals surface area contributed by atoms with E-state index in [2.05, 4.69) is 45.1 Å². The minimum Gasteiger partial charge on any atom is -0.397 e. The van der Waals surface area contributed by atoms with Crippen molar-refractivity contribution in [1.29, 1.82) is 0 Å². The molecule has 9 nitrogen and oxygen atoms in total. The third-order valence-electron chi connectivity index (χ3n) is 5.57. The van der Waals surface area contributed by atoms with E-state index >= 15 is 0 Å². The number of amides is 2. The number of benzene rings is 1. The standard InChI is InChI=1S/C23H25ClN6O3S/c1-12-11-34-20(33-22(32)25-4)18(12)29-19-15(24)10-26-21(30-19)27-13-5-6-16-14(9-13)23(2,3)8-7-17(31)28-16/h5-6,9-11H,7-8H2,1-4H3,(H,25,32)(H,28,31)(H2,26,27,29,30). The maximum absolute atomic E-state index is 12.0. The lowest BCUT2D eigenvalue weighted by atomic mass is 9.80. The van der Waals surface area contributed by atoms with Crippen molar-refractivity contribution in [3.63, 3.8) is 0 Å². The fraction of sp³-hybridized carbons (Fsp3) is 0.304. The number of nitrogens with zero attached hydrogens (tertiary/aromatic N) is 2. The number of hydrogen-bond donors (Lipinski definition) is 4. The Labute approximate surface area is 206 Å². The molecule has 0 aliphatic carbocycles. The number of anilines is 5. The molecule has 2 aromatic heterocycles. The van der Waals surface area contributed by atoms with Gasteiger partial charge in [0.05, 0.1) is 11.9 Å². The molecule has 2 amide bonds. The highest BCUT2D eigenvalue weighted by atomic mass is 35.5. The average Bonchev–Trinajstić information content (AvgIpc) is 3.08. The molecule has 0 saturated carbocycles. The monoisotopic (exact) mass is 500 g/mol. The number of carbonyl (C=O) groups excluding carboxylic acids is 2. The summed E-state index contributed by atoms with van der Waals surface area (Å²) in [5.74, 6) is 0.724. The SMILES string of the molecule is CNC(=O)Oc1scc(C)c1Nc1nc(Nc2ccc3c(c2)C(C)(C)CCC(=O)N3)ncc1Cl. The molecule has 1 aromatic carbocycles. The van der Waals surface area contributed by atoms with Crippen molar-refractivity contribution in [2.75, 3.05) is 23.0 Å². The van der Waals surface area contributed by atoms with E-state index in [-0.39, 0.29) is 11.3 Å². The van der Waals surface area contributed by atoms with Crippen molar-refractivity contribution >= 4 is 63.8 Å². The summed E-state index contributed by atoms with van der Waals surface area (Å²) in [5, 5.41) is 14.4. The van der Waals surface area contributed by atoms with Gasteiger partial charge < -0.3 is 26.0 Å². The first-order valence-electron chi connectivity index (χ1n) is 10.6. The van der Waals surface area contributed by atoms with Crippen molar-refractivity contribution in [3.8, 4) is 5.06 Å². The molecule has 0 atom stereocenters. The van der Waals surface area contributed by atoms with Gasteiger partial charge in [0.25, 0.3) is 0 Å². The lowest BCUT2D eigenvalue weighted by Gasteiger charge is -2.25. The summed E-state index contributed by atoms with van der Waals surface area (Å²) >= 11 is 7.63. The maximum Gasteiger partial charge on any atom is 0.413 e. The minimum absolute atomic E-state index is 0.0211. The highest BCUT2D eigenvalue weighted by molar-refractivity contribution is 7.12. The van der Waals surface area contributed by atoms with Crippen LogP contribution in [0.3, 0.4) is 0 Å². The maximum atomic E-state index is 12.0. The topological polar surface area (TPSA) is 117 Å². The van der Waals surface area contributed by atoms with Gasteiger partial charge in [-0.05, 0) is 53.5 Å². The number of thiophene rings is 1. The zero-order valence-electron chi connectivity index (χ0n) is 19.2. The first kappa shape index (κ1) is 23.8. The van der Waals surface area contributed by atoms with Gasteiger partial charge in [-0.1, -0.05) is 25.4 Å². The molecule has 178 valence electrons. The zero-order valence-corrected chi connectivity index (χ0v) is 20.8. The van der Waals surface area contributed by atoms with Gasteiger partial charge in [0, 0.05) is 24.8 Å². The fourth-order valence-corrected chi connectivity index (χ4v) is 4.60. The highest BCUT2D eigenvalue weighted by Crippen LogP contribution is 2.40. The quantitative estimate of drug-likeness (QED) is 0.354. The molecule has 0 saturated heterocycles. The van der Waals surface area contributed by atoms with Gasteiger partial charge in [0.1, 0.15) is 5.02 Å². The average molecular weight is 501 g/mol. The Morgan fingerprint density at radius 2 is 2.09 bits per heavy atom. The molecule has 0 fully saturated rings. The van der Waals surface area contributed by atoms with Crippen LogP contribution in [0, 0.1) is 6.92 Å². The van der Waals surface area contributed by atoms with Crippen LogP contribution in [0.4, 0.5) is 33.6 Å². The van der Waals surface area contributed by atoms with E-state index in [9.17, 15) is 9.59 Å². The lowest BCUT2D eigenvalue weighted by Crippen LogP contribution is -2.22. The molecule has 0 spiro atoms. The highest BCUT2D eigenvalue weighted by Gasteiger charge is 2.29. The number of hydrogen-bond acceptors (Lipinski definition) is 8. The van der Waals surface area contributed by atoms with Crippen LogP contribution in [-0.2, 0) is 10.2 Å². The minimum atomic E-state index is -0.566. The second-order valence-corrected chi connectivity index (χ2v) is 9.80. The number of aromatic nitrogens is 2. The van der Waals surface area contributed by atoms with Crippen LogP contribution in [0.2, 0.25) is 5.02 Å². The summed E-state index contributed by atoms with van der Waals surface area (Å²) in [6.45, 7) is 6.14. The van der Waals surface area contributed by atoms with E-state index in [0.717, 1.165) is 28.9 Å². The second-order valence-electron chi connectivity index (χ2n) is 8.55. The Morgan fingerprint density at radius 1 is 1.29 bits per heavy atom. The number of fused-ring (bicyclic) bond motifs is 1. The molecule has 34 heavy (non-hydrogen) atoms. The number of halogens is 1. The van der Waals surface area contributed by atoms with Gasteiger partial charge in [0.15, 0.2) is 5.82 Å². The third-order valence-corrected chi connectivity index (χ3v) is 6.82. The Balaban J connectivity index is 1.60. The number of nitrogens with one attached hydrogen (secondary N) is 4. The van der Waals surface area contributed by atoms with Crippen molar-refractivity contribution in [3.05, 3.63) is 45.9 Å². The summed E-state index contributed by atoms with van der Waals surface area (Å²) in [4.78, 5) is 32.5. The van der Waals surface area contributed by atoms with Gasteiger partial charge in [-0.25, -0.2) is 9.78 Å². The molecular weight excluding hydrogens is 476 g/mol. The van der Waals surface area contributed by atoms with Crippen LogP contribution in [0.1, 0.15) is 37.8 Å². The van der Waals surface area contributed by atoms with Crippen LogP contribution < -0.4 is 26.0 Å². The van der Waals surface area contributed by atoms with Crippen LogP contribution >= 0.6 is 22.9 Å². The Kier molecular flexibility index (Phi) is 6.63. The predicted molar refractivity (Wildman–Crippen MR) is 135 cm³/mol.